The van der Waals surface area contributed by atoms with Gasteiger partial charge in [0.1, 0.15) is 11.6 Å². The van der Waals surface area contributed by atoms with E-state index in [-0.39, 0.29) is 23.4 Å². The molecule has 6 nitrogen and oxygen atoms in total. The Morgan fingerprint density at radius 1 is 1.13 bits per heavy atom. The molecule has 0 amide bonds. The fourth-order valence-corrected chi connectivity index (χ4v) is 5.83. The number of halogens is 2. The molecule has 0 aliphatic carbocycles. The molecule has 1 unspecified atom stereocenters. The molecule has 1 N–H and O–H groups in total. The molecule has 39 heavy (non-hydrogen) atoms. The van der Waals surface area contributed by atoms with Crippen LogP contribution in [-0.4, -0.2) is 41.8 Å². The summed E-state index contributed by atoms with van der Waals surface area (Å²) in [5.74, 6) is -3.60. The van der Waals surface area contributed by atoms with Gasteiger partial charge in [-0.15, -0.1) is 0 Å². The molecular weight excluding hydrogens is 524 g/mol. The Morgan fingerprint density at radius 3 is 2.23 bits per heavy atom. The lowest BCUT2D eigenvalue weighted by Gasteiger charge is -2.38. The van der Waals surface area contributed by atoms with Crippen molar-refractivity contribution >= 4 is 21.6 Å². The monoisotopic (exact) mass is 561 g/mol. The molecule has 0 aromatic heterocycles. The van der Waals surface area contributed by atoms with Crippen LogP contribution in [0, 0.1) is 24.5 Å². The number of aryl methyl sites for hydroxylation is 1. The number of hydrogen-bond donors (Lipinski definition) is 1. The van der Waals surface area contributed by atoms with Crippen molar-refractivity contribution in [3.63, 3.8) is 0 Å². The van der Waals surface area contributed by atoms with Crippen LogP contribution < -0.4 is 0 Å². The number of ether oxygens (including phenoxy) is 1. The number of carboxylic acids is 1. The van der Waals surface area contributed by atoms with Crippen molar-refractivity contribution < 1.29 is 31.8 Å². The molecule has 0 radical (unpaired) electrons. The minimum absolute atomic E-state index is 0.117. The van der Waals surface area contributed by atoms with Crippen LogP contribution in [0.2, 0.25) is 0 Å². The number of sulfonamides is 1. The van der Waals surface area contributed by atoms with Gasteiger partial charge >= 0.3 is 5.97 Å². The lowest BCUT2D eigenvalue weighted by atomic mass is 9.83. The highest BCUT2D eigenvalue weighted by atomic mass is 32.2. The van der Waals surface area contributed by atoms with Crippen molar-refractivity contribution in [2.24, 2.45) is 5.92 Å². The van der Waals surface area contributed by atoms with Crippen LogP contribution in [0.5, 0.6) is 0 Å². The topological polar surface area (TPSA) is 83.9 Å². The van der Waals surface area contributed by atoms with Crippen molar-refractivity contribution in [2.75, 3.05) is 6.26 Å². The second kappa shape index (κ2) is 11.2. The van der Waals surface area contributed by atoms with E-state index in [1.807, 2.05) is 31.2 Å². The molecule has 1 heterocycles. The van der Waals surface area contributed by atoms with Gasteiger partial charge in [0.25, 0.3) is 0 Å². The second-order valence-corrected chi connectivity index (χ2v) is 13.2. The first-order chi connectivity index (χ1) is 17.9. The van der Waals surface area contributed by atoms with Crippen LogP contribution >= 0.6 is 0 Å². The van der Waals surface area contributed by atoms with Crippen molar-refractivity contribution in [1.82, 2.24) is 4.31 Å². The maximum atomic E-state index is 15.5. The number of hydrogen-bond acceptors (Lipinski definition) is 4. The molecule has 0 saturated carbocycles. The summed E-state index contributed by atoms with van der Waals surface area (Å²) < 4.78 is 63.1. The van der Waals surface area contributed by atoms with Crippen LogP contribution in [0.1, 0.15) is 63.8 Å². The molecule has 0 saturated heterocycles. The average molecular weight is 562 g/mol. The van der Waals surface area contributed by atoms with Gasteiger partial charge in [-0.2, -0.15) is 0 Å². The summed E-state index contributed by atoms with van der Waals surface area (Å²) >= 11 is 0. The Morgan fingerprint density at radius 2 is 1.72 bits per heavy atom. The lowest BCUT2D eigenvalue weighted by Crippen LogP contribution is -2.40. The van der Waals surface area contributed by atoms with E-state index < -0.39 is 45.2 Å². The van der Waals surface area contributed by atoms with Crippen LogP contribution in [0.3, 0.4) is 0 Å². The summed E-state index contributed by atoms with van der Waals surface area (Å²) in [6.45, 7) is 12.0. The largest absolute Gasteiger partial charge is 0.479 e. The third-order valence-electron chi connectivity index (χ3n) is 6.84. The van der Waals surface area contributed by atoms with Gasteiger partial charge in [0.2, 0.25) is 10.0 Å². The third-order valence-corrected chi connectivity index (χ3v) is 7.95. The van der Waals surface area contributed by atoms with Crippen LogP contribution in [-0.2, 0) is 32.5 Å². The zero-order valence-corrected chi connectivity index (χ0v) is 24.5. The van der Waals surface area contributed by atoms with Crippen LogP contribution in [0.15, 0.2) is 53.2 Å². The predicted octanol–water partition coefficient (Wildman–Crippen LogP) is 6.24. The number of carboxylic acid groups (broad SMARTS) is 1. The van der Waals surface area contributed by atoms with Gasteiger partial charge < -0.3 is 9.84 Å². The lowest BCUT2D eigenvalue weighted by molar-refractivity contribution is -0.163. The molecule has 1 aliphatic heterocycles. The second-order valence-electron chi connectivity index (χ2n) is 11.3. The minimum atomic E-state index is -3.94. The van der Waals surface area contributed by atoms with Crippen LogP contribution in [0.4, 0.5) is 8.78 Å². The van der Waals surface area contributed by atoms with E-state index in [1.165, 1.54) is 0 Å². The van der Waals surface area contributed by atoms with Gasteiger partial charge in [-0.25, -0.2) is 22.0 Å². The highest BCUT2D eigenvalue weighted by molar-refractivity contribution is 7.88. The van der Waals surface area contributed by atoms with E-state index in [1.54, 1.807) is 41.5 Å². The Hall–Kier alpha value is -3.04. The van der Waals surface area contributed by atoms with Gasteiger partial charge in [-0.05, 0) is 70.7 Å². The van der Waals surface area contributed by atoms with Crippen LogP contribution in [0.25, 0.3) is 5.57 Å². The number of nitrogens with zero attached hydrogens (tertiary/aromatic N) is 1. The highest BCUT2D eigenvalue weighted by Crippen LogP contribution is 2.44. The first-order valence-electron chi connectivity index (χ1n) is 12.7. The van der Waals surface area contributed by atoms with E-state index in [9.17, 15) is 22.7 Å². The summed E-state index contributed by atoms with van der Waals surface area (Å²) in [7, 11) is -3.94. The Bertz CT molecular complexity index is 1440. The Balaban J connectivity index is 2.38. The van der Waals surface area contributed by atoms with Crippen molar-refractivity contribution in [1.29, 1.82) is 0 Å². The molecule has 0 fully saturated rings. The third kappa shape index (κ3) is 6.94. The zero-order valence-electron chi connectivity index (χ0n) is 23.7. The fourth-order valence-electron chi connectivity index (χ4n) is 4.89. The van der Waals surface area contributed by atoms with Crippen molar-refractivity contribution in [2.45, 2.75) is 73.1 Å². The normalized spacial score (nSPS) is 18.4. The van der Waals surface area contributed by atoms with Gasteiger partial charge in [-0.1, -0.05) is 42.3 Å². The maximum Gasteiger partial charge on any atom is 0.333 e. The highest BCUT2D eigenvalue weighted by Gasteiger charge is 2.39. The number of aliphatic carboxylic acids is 1. The van der Waals surface area contributed by atoms with E-state index in [0.717, 1.165) is 33.8 Å². The predicted molar refractivity (Wildman–Crippen MR) is 148 cm³/mol. The number of carbonyl (C=O) groups is 1. The molecule has 0 spiro atoms. The van der Waals surface area contributed by atoms with Gasteiger partial charge in [0.15, 0.2) is 6.10 Å². The van der Waals surface area contributed by atoms with E-state index in [2.05, 4.69) is 0 Å². The number of fused-ring (bicyclic) bond motifs is 1. The standard InChI is InChI=1S/C30H37F2NO5S/c1-17-9-11-21(12-10-17)13-18(2)25-26-22(14-23(31)15-24(26)32)16-33(39(8,36)37)27(25)19(3)20(4)28(29(34)35)38-30(5,6)7/h9-12,14-15,20,28H,13,16H2,1-8H3,(H,34,35)/b25-18-,27-19+/t20?,28-/m0/s1. The number of benzene rings is 2. The SMILES string of the molecule is C/C(Cc1ccc(C)cc1)=C1/C(=C(/C)C(C)[C@H](OC(C)(C)C)C(=O)O)N(S(C)(=O)=O)Cc2cc(F)cc(F)c21. The number of allylic oxidation sites excluding steroid dienone is 2. The molecular formula is C30H37F2NO5S. The molecule has 0 bridgehead atoms. The maximum absolute atomic E-state index is 15.5. The van der Waals surface area contributed by atoms with E-state index in [0.29, 0.717) is 23.1 Å². The zero-order chi connectivity index (χ0) is 29.4. The van der Waals surface area contributed by atoms with E-state index in [4.69, 9.17) is 4.74 Å². The first kappa shape index (κ1) is 30.5. The summed E-state index contributed by atoms with van der Waals surface area (Å²) in [5.41, 5.74) is 3.08. The van der Waals surface area contributed by atoms with Crippen molar-refractivity contribution in [3.05, 3.63) is 87.1 Å². The molecule has 2 atom stereocenters. The quantitative estimate of drug-likeness (QED) is 0.433. The molecule has 2 aromatic rings. The molecule has 212 valence electrons. The molecule has 2 aromatic carbocycles. The average Bonchev–Trinajstić information content (AvgIpc) is 2.80. The van der Waals surface area contributed by atoms with Gasteiger partial charge in [0, 0.05) is 23.1 Å². The van der Waals surface area contributed by atoms with Gasteiger partial charge in [-0.3, -0.25) is 4.31 Å². The molecule has 3 rings (SSSR count). The van der Waals surface area contributed by atoms with Gasteiger partial charge in [0.05, 0.1) is 24.1 Å². The number of rotatable bonds is 7. The minimum Gasteiger partial charge on any atom is -0.479 e. The summed E-state index contributed by atoms with van der Waals surface area (Å²) in [6, 6.07) is 9.71. The van der Waals surface area contributed by atoms with Crippen molar-refractivity contribution in [3.8, 4) is 0 Å². The summed E-state index contributed by atoms with van der Waals surface area (Å²) in [6.07, 6.45) is 0.103. The smallest absolute Gasteiger partial charge is 0.333 e. The molecule has 9 heteroatoms. The summed E-state index contributed by atoms with van der Waals surface area (Å²) in [4.78, 5) is 12.3. The Labute approximate surface area is 230 Å². The fraction of sp³-hybridized carbons (Fsp3) is 0.433. The Kier molecular flexibility index (Phi) is 8.77. The van der Waals surface area contributed by atoms with E-state index >= 15 is 4.39 Å². The summed E-state index contributed by atoms with van der Waals surface area (Å²) in [5, 5.41) is 10.0. The molecule has 1 aliphatic rings. The first-order valence-corrected chi connectivity index (χ1v) is 14.6.